The Hall–Kier alpha value is -1.25. The third-order valence-electron chi connectivity index (χ3n) is 4.60. The molecule has 4 nitrogen and oxygen atoms in total. The molecule has 16 heavy (non-hydrogen) atoms. The van der Waals surface area contributed by atoms with E-state index in [0.29, 0.717) is 0 Å². The van der Waals surface area contributed by atoms with Crippen LogP contribution >= 0.6 is 0 Å². The van der Waals surface area contributed by atoms with E-state index in [2.05, 4.69) is 11.4 Å². The number of ether oxygens (including phenoxy) is 1. The minimum atomic E-state index is -0.546. The highest BCUT2D eigenvalue weighted by Gasteiger charge is 2.82. The molecule has 0 spiro atoms. The Kier molecular flexibility index (Phi) is 2.37. The van der Waals surface area contributed by atoms with Crippen LogP contribution in [0.5, 0.6) is 0 Å². The van der Waals surface area contributed by atoms with E-state index in [1.807, 2.05) is 13.0 Å². The van der Waals surface area contributed by atoms with E-state index < -0.39 is 5.41 Å². The fraction of sp³-hybridized carbons (Fsp3) is 0.667. The highest BCUT2D eigenvalue weighted by molar-refractivity contribution is 6.30. The van der Waals surface area contributed by atoms with Crippen molar-refractivity contribution in [1.82, 2.24) is 0 Å². The van der Waals surface area contributed by atoms with Crippen LogP contribution in [0.2, 0.25) is 0 Å². The molecule has 2 aliphatic carbocycles. The van der Waals surface area contributed by atoms with Crippen LogP contribution in [0.3, 0.4) is 0 Å². The van der Waals surface area contributed by atoms with Gasteiger partial charge in [-0.25, -0.2) is 0 Å². The minimum absolute atomic E-state index is 0.0917. The van der Waals surface area contributed by atoms with Gasteiger partial charge in [0.2, 0.25) is 5.78 Å². The summed E-state index contributed by atoms with van der Waals surface area (Å²) in [5.41, 5.74) is 7.75. The summed E-state index contributed by atoms with van der Waals surface area (Å²) in [6.07, 6.45) is 4.60. The van der Waals surface area contributed by atoms with Gasteiger partial charge in [-0.2, -0.15) is 4.79 Å². The monoisotopic (exact) mass is 220 g/mol. The molecule has 0 aromatic heterocycles. The van der Waals surface area contributed by atoms with E-state index in [4.69, 9.17) is 10.3 Å². The van der Waals surface area contributed by atoms with E-state index in [9.17, 15) is 4.79 Å². The Morgan fingerprint density at radius 2 is 2.31 bits per heavy atom. The molecule has 0 aromatic rings. The Labute approximate surface area is 94.9 Å². The van der Waals surface area contributed by atoms with Crippen molar-refractivity contribution in [2.75, 3.05) is 7.11 Å². The number of fused-ring (bicyclic) bond motifs is 1. The molecule has 0 N–H and O–H groups in total. The minimum Gasteiger partial charge on any atom is -0.380 e. The van der Waals surface area contributed by atoms with Crippen LogP contribution in [0.25, 0.3) is 5.53 Å². The van der Waals surface area contributed by atoms with Crippen LogP contribution in [0.15, 0.2) is 12.7 Å². The van der Waals surface area contributed by atoms with Crippen molar-refractivity contribution in [2.24, 2.45) is 16.7 Å². The second-order valence-electron chi connectivity index (χ2n) is 4.82. The van der Waals surface area contributed by atoms with Crippen LogP contribution in [0, 0.1) is 16.7 Å². The highest BCUT2D eigenvalue weighted by atomic mass is 16.5. The van der Waals surface area contributed by atoms with Crippen LogP contribution < -0.4 is 0 Å². The van der Waals surface area contributed by atoms with Crippen molar-refractivity contribution < 1.29 is 14.3 Å². The summed E-state index contributed by atoms with van der Waals surface area (Å²) in [5, 5.41) is 0. The summed E-state index contributed by atoms with van der Waals surface area (Å²) in [4.78, 5) is 15.0. The molecule has 4 atom stereocenters. The van der Waals surface area contributed by atoms with Crippen LogP contribution in [0.1, 0.15) is 19.8 Å². The molecule has 0 saturated heterocycles. The molecule has 0 heterocycles. The first-order valence-corrected chi connectivity index (χ1v) is 5.47. The standard InChI is InChI=1S/C12H16N2O2/c1-4-11(2)8-5-6-10(16-3)12(8,11)9(15)7-14-13/h4,7-8,10H,1,5-6H2,2-3H3/t8-,10-,11-,12-/m0/s1. The first-order valence-electron chi connectivity index (χ1n) is 5.47. The topological polar surface area (TPSA) is 62.7 Å². The number of Topliss-reactive ketones (excluding diaryl/α,β-unsaturated/α-hetero) is 1. The maximum Gasteiger partial charge on any atom is 0.323 e. The molecule has 86 valence electrons. The highest BCUT2D eigenvalue weighted by Crippen LogP contribution is 2.77. The molecular formula is C12H16N2O2. The predicted molar refractivity (Wildman–Crippen MR) is 58.9 cm³/mol. The van der Waals surface area contributed by atoms with Gasteiger partial charge in [-0.15, -0.1) is 6.58 Å². The third kappa shape index (κ3) is 0.963. The molecule has 0 aromatic carbocycles. The van der Waals surface area contributed by atoms with Crippen molar-refractivity contribution in [3.63, 3.8) is 0 Å². The molecule has 0 unspecified atom stereocenters. The Bertz CT molecular complexity index is 400. The smallest absolute Gasteiger partial charge is 0.323 e. The van der Waals surface area contributed by atoms with Gasteiger partial charge in [0.05, 0.1) is 11.5 Å². The average molecular weight is 220 g/mol. The van der Waals surface area contributed by atoms with E-state index in [1.54, 1.807) is 7.11 Å². The lowest BCUT2D eigenvalue weighted by Gasteiger charge is -2.24. The molecule has 0 aliphatic heterocycles. The Morgan fingerprint density at radius 3 is 2.75 bits per heavy atom. The number of hydrogen-bond acceptors (Lipinski definition) is 2. The van der Waals surface area contributed by atoms with E-state index in [0.717, 1.165) is 19.1 Å². The molecule has 2 saturated carbocycles. The fourth-order valence-electron chi connectivity index (χ4n) is 3.78. The van der Waals surface area contributed by atoms with Gasteiger partial charge < -0.3 is 10.3 Å². The van der Waals surface area contributed by atoms with Gasteiger partial charge in [0, 0.05) is 12.5 Å². The zero-order chi connectivity index (χ0) is 12.0. The van der Waals surface area contributed by atoms with Gasteiger partial charge in [-0.1, -0.05) is 13.0 Å². The normalized spacial score (nSPS) is 44.4. The van der Waals surface area contributed by atoms with E-state index in [1.165, 1.54) is 0 Å². The van der Waals surface area contributed by atoms with Gasteiger partial charge in [0.1, 0.15) is 0 Å². The molecule has 0 radical (unpaired) electrons. The second kappa shape index (κ2) is 3.37. The number of methoxy groups -OCH3 is 1. The van der Waals surface area contributed by atoms with Gasteiger partial charge >= 0.3 is 6.21 Å². The average Bonchev–Trinajstić information content (AvgIpc) is 2.65. The van der Waals surface area contributed by atoms with Gasteiger partial charge in [-0.05, 0) is 18.8 Å². The summed E-state index contributed by atoms with van der Waals surface area (Å²) in [6.45, 7) is 5.85. The van der Waals surface area contributed by atoms with Crippen molar-refractivity contribution in [3.05, 3.63) is 18.2 Å². The lowest BCUT2D eigenvalue weighted by Crippen LogP contribution is -2.35. The summed E-state index contributed by atoms with van der Waals surface area (Å²) in [7, 11) is 1.62. The number of rotatable bonds is 4. The largest absolute Gasteiger partial charge is 0.380 e. The van der Waals surface area contributed by atoms with Crippen molar-refractivity contribution in [2.45, 2.75) is 25.9 Å². The Balaban J connectivity index is 2.44. The molecule has 2 fully saturated rings. The summed E-state index contributed by atoms with van der Waals surface area (Å²) in [5.74, 6) is 0.125. The third-order valence-corrected chi connectivity index (χ3v) is 4.60. The van der Waals surface area contributed by atoms with Crippen molar-refractivity contribution in [3.8, 4) is 0 Å². The lowest BCUT2D eigenvalue weighted by molar-refractivity contribution is -0.126. The van der Waals surface area contributed by atoms with Crippen LogP contribution in [-0.2, 0) is 9.53 Å². The SMILES string of the molecule is C=C[C@@]1(C)[C@@H]2CC[C@H](OC)[C@@]21C(=O)C=[N+]=[N-]. The molecule has 4 heteroatoms. The lowest BCUT2D eigenvalue weighted by atomic mass is 9.84. The van der Waals surface area contributed by atoms with Crippen molar-refractivity contribution >= 4 is 12.0 Å². The molecular weight excluding hydrogens is 204 g/mol. The van der Waals surface area contributed by atoms with Crippen LogP contribution in [-0.4, -0.2) is 30.0 Å². The zero-order valence-corrected chi connectivity index (χ0v) is 9.64. The summed E-state index contributed by atoms with van der Waals surface area (Å²) in [6, 6.07) is 0. The number of carbonyl (C=O) groups is 1. The van der Waals surface area contributed by atoms with E-state index in [-0.39, 0.29) is 23.2 Å². The quantitative estimate of drug-likeness (QED) is 0.312. The Morgan fingerprint density at radius 1 is 1.62 bits per heavy atom. The van der Waals surface area contributed by atoms with E-state index >= 15 is 0 Å². The maximum atomic E-state index is 12.1. The summed E-state index contributed by atoms with van der Waals surface area (Å²) < 4.78 is 5.42. The number of allylic oxidation sites excluding steroid dienone is 1. The number of hydrogen-bond donors (Lipinski definition) is 0. The van der Waals surface area contributed by atoms with Gasteiger partial charge in [-0.3, -0.25) is 4.79 Å². The predicted octanol–water partition coefficient (Wildman–Crippen LogP) is 1.47. The van der Waals surface area contributed by atoms with Crippen molar-refractivity contribution in [1.29, 1.82) is 0 Å². The molecule has 2 aliphatic rings. The molecule has 2 rings (SSSR count). The molecule has 0 amide bonds. The number of nitrogens with zero attached hydrogens (tertiary/aromatic N) is 2. The maximum absolute atomic E-state index is 12.1. The van der Waals surface area contributed by atoms with Crippen LogP contribution in [0.4, 0.5) is 0 Å². The van der Waals surface area contributed by atoms with Gasteiger partial charge in [0.15, 0.2) is 0 Å². The van der Waals surface area contributed by atoms with Gasteiger partial charge in [0.25, 0.3) is 0 Å². The number of ketones is 1. The second-order valence-corrected chi connectivity index (χ2v) is 4.82. The first-order chi connectivity index (χ1) is 7.59. The fourth-order valence-corrected chi connectivity index (χ4v) is 3.78. The number of carbonyl (C=O) groups excluding carboxylic acids is 1. The molecule has 0 bridgehead atoms. The summed E-state index contributed by atoms with van der Waals surface area (Å²) >= 11 is 0. The first kappa shape index (κ1) is 11.2. The zero-order valence-electron chi connectivity index (χ0n) is 9.64.